The minimum absolute atomic E-state index is 0.0592. The van der Waals surface area contributed by atoms with Crippen molar-refractivity contribution in [3.63, 3.8) is 0 Å². The van der Waals surface area contributed by atoms with Crippen molar-refractivity contribution < 1.29 is 9.13 Å². The lowest BCUT2D eigenvalue weighted by Crippen LogP contribution is -2.23. The minimum atomic E-state index is -0.231. The highest BCUT2D eigenvalue weighted by molar-refractivity contribution is 5.34. The molecule has 0 bridgehead atoms. The van der Waals surface area contributed by atoms with Gasteiger partial charge in [0.25, 0.3) is 0 Å². The molecule has 4 rings (SSSR count). The van der Waals surface area contributed by atoms with Crippen LogP contribution in [-0.4, -0.2) is 22.6 Å². The molecule has 1 unspecified atom stereocenters. The molecule has 1 atom stereocenters. The van der Waals surface area contributed by atoms with Crippen molar-refractivity contribution in [2.45, 2.75) is 19.7 Å². The third-order valence-electron chi connectivity index (χ3n) is 4.60. The van der Waals surface area contributed by atoms with Crippen LogP contribution in [0.2, 0.25) is 0 Å². The molecule has 4 heteroatoms. The molecule has 0 spiro atoms. The van der Waals surface area contributed by atoms with E-state index < -0.39 is 0 Å². The van der Waals surface area contributed by atoms with Gasteiger partial charge in [0, 0.05) is 36.7 Å². The van der Waals surface area contributed by atoms with Gasteiger partial charge in [0.1, 0.15) is 12.0 Å². The quantitative estimate of drug-likeness (QED) is 0.700. The second-order valence-corrected chi connectivity index (χ2v) is 6.51. The van der Waals surface area contributed by atoms with E-state index >= 15 is 0 Å². The molecule has 0 N–H and O–H groups in total. The van der Waals surface area contributed by atoms with Gasteiger partial charge in [0.15, 0.2) is 0 Å². The summed E-state index contributed by atoms with van der Waals surface area (Å²) in [5, 5.41) is 0. The molecule has 1 aromatic heterocycles. The van der Waals surface area contributed by atoms with Gasteiger partial charge in [-0.15, -0.1) is 0 Å². The molecule has 1 fully saturated rings. The Morgan fingerprint density at radius 1 is 1.12 bits per heavy atom. The molecular formula is C21H21FN2O. The number of halogens is 1. The Morgan fingerprint density at radius 3 is 2.76 bits per heavy atom. The van der Waals surface area contributed by atoms with Gasteiger partial charge in [0.2, 0.25) is 0 Å². The van der Waals surface area contributed by atoms with Gasteiger partial charge >= 0.3 is 0 Å². The molecule has 1 saturated heterocycles. The molecule has 0 radical (unpaired) electrons. The van der Waals surface area contributed by atoms with Crippen molar-refractivity contribution in [3.05, 3.63) is 89.5 Å². The van der Waals surface area contributed by atoms with Gasteiger partial charge in [-0.2, -0.15) is 0 Å². The molecule has 2 aromatic carbocycles. The molecule has 0 aliphatic carbocycles. The highest BCUT2D eigenvalue weighted by atomic mass is 19.1. The second-order valence-electron chi connectivity index (χ2n) is 6.51. The second kappa shape index (κ2) is 6.82. The predicted molar refractivity (Wildman–Crippen MR) is 96.0 cm³/mol. The third-order valence-corrected chi connectivity index (χ3v) is 4.60. The number of nitrogens with zero attached hydrogens (tertiary/aromatic N) is 2. The van der Waals surface area contributed by atoms with E-state index in [0.717, 1.165) is 30.9 Å². The predicted octanol–water partition coefficient (Wildman–Crippen LogP) is 4.46. The van der Waals surface area contributed by atoms with Gasteiger partial charge in [-0.3, -0.25) is 4.90 Å². The number of hydrogen-bond acceptors (Lipinski definition) is 2. The minimum Gasteiger partial charge on any atom is -0.357 e. The highest BCUT2D eigenvalue weighted by Crippen LogP contribution is 2.29. The molecular weight excluding hydrogens is 315 g/mol. The van der Waals surface area contributed by atoms with Gasteiger partial charge in [-0.05, 0) is 36.8 Å². The average molecular weight is 336 g/mol. The van der Waals surface area contributed by atoms with Crippen molar-refractivity contribution >= 4 is 0 Å². The van der Waals surface area contributed by atoms with Crippen LogP contribution in [0, 0.1) is 12.7 Å². The molecule has 1 aliphatic heterocycles. The fraction of sp³-hybridized carbons (Fsp3) is 0.238. The molecule has 0 saturated carbocycles. The van der Waals surface area contributed by atoms with E-state index in [1.54, 1.807) is 6.07 Å². The molecule has 25 heavy (non-hydrogen) atoms. The number of hydrogen-bond donors (Lipinski definition) is 0. The zero-order valence-electron chi connectivity index (χ0n) is 14.2. The average Bonchev–Trinajstić information content (AvgIpc) is 3.26. The first-order chi connectivity index (χ1) is 12.2. The zero-order chi connectivity index (χ0) is 17.2. The molecule has 0 amide bonds. The third kappa shape index (κ3) is 3.50. The van der Waals surface area contributed by atoms with Crippen LogP contribution in [0.1, 0.15) is 22.9 Å². The summed E-state index contributed by atoms with van der Waals surface area (Å²) >= 11 is 0. The maximum absolute atomic E-state index is 13.4. The van der Waals surface area contributed by atoms with Gasteiger partial charge < -0.3 is 9.30 Å². The Labute approximate surface area is 147 Å². The maximum Gasteiger partial charge on any atom is 0.138 e. The summed E-state index contributed by atoms with van der Waals surface area (Å²) in [4.78, 5) is 2.33. The zero-order valence-corrected chi connectivity index (χ0v) is 14.2. The maximum atomic E-state index is 13.4. The molecule has 1 aliphatic rings. The summed E-state index contributed by atoms with van der Waals surface area (Å²) in [5.41, 5.74) is 4.46. The van der Waals surface area contributed by atoms with Crippen LogP contribution >= 0.6 is 0 Å². The van der Waals surface area contributed by atoms with E-state index in [-0.39, 0.29) is 12.0 Å². The highest BCUT2D eigenvalue weighted by Gasteiger charge is 2.27. The van der Waals surface area contributed by atoms with E-state index in [0.29, 0.717) is 0 Å². The summed E-state index contributed by atoms with van der Waals surface area (Å²) in [6.07, 6.45) is 3.92. The van der Waals surface area contributed by atoms with E-state index in [1.165, 1.54) is 23.3 Å². The van der Waals surface area contributed by atoms with E-state index in [2.05, 4.69) is 36.1 Å². The number of ether oxygens (including phenoxy) is 1. The lowest BCUT2D eigenvalue weighted by Gasteiger charge is -2.22. The van der Waals surface area contributed by atoms with Gasteiger partial charge in [-0.25, -0.2) is 4.39 Å². The Bertz CT molecular complexity index is 856. The fourth-order valence-corrected chi connectivity index (χ4v) is 3.26. The molecule has 3 aromatic rings. The van der Waals surface area contributed by atoms with Crippen molar-refractivity contribution in [1.29, 1.82) is 0 Å². The fourth-order valence-electron chi connectivity index (χ4n) is 3.26. The van der Waals surface area contributed by atoms with Gasteiger partial charge in [0.05, 0.1) is 6.61 Å². The van der Waals surface area contributed by atoms with Crippen LogP contribution in [-0.2, 0) is 11.3 Å². The van der Waals surface area contributed by atoms with Crippen LogP contribution in [0.5, 0.6) is 0 Å². The van der Waals surface area contributed by atoms with E-state index in [9.17, 15) is 4.39 Å². The molecule has 128 valence electrons. The Hall–Kier alpha value is -2.43. The topological polar surface area (TPSA) is 17.4 Å². The van der Waals surface area contributed by atoms with Crippen molar-refractivity contribution in [1.82, 2.24) is 9.47 Å². The smallest absolute Gasteiger partial charge is 0.138 e. The lowest BCUT2D eigenvalue weighted by molar-refractivity contribution is 0.0288. The monoisotopic (exact) mass is 336 g/mol. The van der Waals surface area contributed by atoms with Crippen LogP contribution in [0.15, 0.2) is 67.0 Å². The summed E-state index contributed by atoms with van der Waals surface area (Å²) < 4.78 is 21.3. The van der Waals surface area contributed by atoms with Crippen LogP contribution in [0.3, 0.4) is 0 Å². The number of aromatic nitrogens is 1. The summed E-state index contributed by atoms with van der Waals surface area (Å²) in [7, 11) is 0. The van der Waals surface area contributed by atoms with E-state index in [4.69, 9.17) is 4.74 Å². The largest absolute Gasteiger partial charge is 0.357 e. The summed E-state index contributed by atoms with van der Waals surface area (Å²) in [6.45, 7) is 4.59. The van der Waals surface area contributed by atoms with Crippen molar-refractivity contribution in [2.24, 2.45) is 0 Å². The van der Waals surface area contributed by atoms with Crippen LogP contribution in [0.4, 0.5) is 4.39 Å². The number of rotatable bonds is 4. The van der Waals surface area contributed by atoms with Crippen molar-refractivity contribution in [3.8, 4) is 5.69 Å². The summed E-state index contributed by atoms with van der Waals surface area (Å²) in [5.74, 6) is -0.231. The first-order valence-corrected chi connectivity index (χ1v) is 8.54. The lowest BCUT2D eigenvalue weighted by atomic mass is 10.1. The van der Waals surface area contributed by atoms with Crippen LogP contribution < -0.4 is 0 Å². The molecule has 3 nitrogen and oxygen atoms in total. The standard InChI is InChI=1S/C21H21FN2O/c1-16-5-7-17(8-6-16)14-24-11-12-25-21(24)18-9-10-23(15-18)20-4-2-3-19(22)13-20/h2-10,13,15,21H,11-12,14H2,1H3. The number of benzene rings is 2. The Kier molecular flexibility index (Phi) is 4.38. The molecule has 2 heterocycles. The number of aryl methyl sites for hydroxylation is 1. The first-order valence-electron chi connectivity index (χ1n) is 8.54. The first kappa shape index (κ1) is 16.1. The SMILES string of the molecule is Cc1ccc(CN2CCOC2c2ccn(-c3cccc(F)c3)c2)cc1. The van der Waals surface area contributed by atoms with E-state index in [1.807, 2.05) is 29.1 Å². The Balaban J connectivity index is 1.53. The van der Waals surface area contributed by atoms with Crippen molar-refractivity contribution in [2.75, 3.05) is 13.2 Å². The van der Waals surface area contributed by atoms with Gasteiger partial charge in [-0.1, -0.05) is 35.9 Å². The Morgan fingerprint density at radius 2 is 1.96 bits per heavy atom. The normalized spacial score (nSPS) is 17.9. The van der Waals surface area contributed by atoms with Crippen LogP contribution in [0.25, 0.3) is 5.69 Å². The summed E-state index contributed by atoms with van der Waals surface area (Å²) in [6, 6.07) is 17.3.